The zero-order valence-corrected chi connectivity index (χ0v) is 9.03. The first-order chi connectivity index (χ1) is 7.11. The molecule has 1 fully saturated rings. The topological polar surface area (TPSA) is 64.1 Å². The molecule has 0 aliphatic heterocycles. The maximum atomic E-state index is 9.61. The predicted molar refractivity (Wildman–Crippen MR) is 56.1 cm³/mol. The molecule has 1 atom stereocenters. The fourth-order valence-corrected chi connectivity index (χ4v) is 3.03. The van der Waals surface area contributed by atoms with Crippen molar-refractivity contribution in [2.24, 2.45) is 18.2 Å². The van der Waals surface area contributed by atoms with Gasteiger partial charge in [0.15, 0.2) is 0 Å². The van der Waals surface area contributed by atoms with Crippen LogP contribution >= 0.6 is 0 Å². The van der Waals surface area contributed by atoms with E-state index in [4.69, 9.17) is 5.73 Å². The van der Waals surface area contributed by atoms with Crippen LogP contribution in [0.3, 0.4) is 0 Å². The van der Waals surface area contributed by atoms with Gasteiger partial charge < -0.3 is 10.8 Å². The third-order valence-corrected chi connectivity index (χ3v) is 4.25. The molecule has 15 heavy (non-hydrogen) atoms. The summed E-state index contributed by atoms with van der Waals surface area (Å²) in [4.78, 5) is 0. The smallest absolute Gasteiger partial charge is 0.0895 e. The van der Waals surface area contributed by atoms with E-state index in [9.17, 15) is 5.11 Å². The number of nitrogens with two attached hydrogens (primary N) is 1. The van der Waals surface area contributed by atoms with E-state index in [0.717, 1.165) is 31.4 Å². The molecule has 2 aliphatic rings. The van der Waals surface area contributed by atoms with Gasteiger partial charge in [-0.1, -0.05) is 0 Å². The van der Waals surface area contributed by atoms with Gasteiger partial charge in [0.25, 0.3) is 0 Å². The van der Waals surface area contributed by atoms with Gasteiger partial charge in [0.2, 0.25) is 0 Å². The van der Waals surface area contributed by atoms with Gasteiger partial charge in [-0.25, -0.2) is 0 Å². The zero-order chi connectivity index (χ0) is 10.7. The van der Waals surface area contributed by atoms with E-state index in [2.05, 4.69) is 5.10 Å². The second-order valence-electron chi connectivity index (χ2n) is 5.09. The van der Waals surface area contributed by atoms with Gasteiger partial charge in [-0.3, -0.25) is 4.68 Å². The molecule has 4 heteroatoms. The average molecular weight is 207 g/mol. The molecule has 1 unspecified atom stereocenters. The first-order valence-electron chi connectivity index (χ1n) is 5.54. The van der Waals surface area contributed by atoms with Crippen LogP contribution in [0.4, 0.5) is 0 Å². The number of aromatic nitrogens is 2. The maximum Gasteiger partial charge on any atom is 0.0895 e. The molecule has 1 saturated carbocycles. The normalized spacial score (nSPS) is 31.7. The first-order valence-corrected chi connectivity index (χ1v) is 5.54. The van der Waals surface area contributed by atoms with E-state index in [1.54, 1.807) is 0 Å². The Kier molecular flexibility index (Phi) is 1.64. The summed E-state index contributed by atoms with van der Waals surface area (Å²) in [5, 5.41) is 14.1. The summed E-state index contributed by atoms with van der Waals surface area (Å²) in [6.45, 7) is 0.0109. The van der Waals surface area contributed by atoms with Crippen molar-refractivity contribution in [3.63, 3.8) is 0 Å². The summed E-state index contributed by atoms with van der Waals surface area (Å²) >= 11 is 0. The second-order valence-corrected chi connectivity index (χ2v) is 5.09. The van der Waals surface area contributed by atoms with Crippen LogP contribution in [0.25, 0.3) is 0 Å². The molecule has 2 aliphatic carbocycles. The van der Waals surface area contributed by atoms with Crippen molar-refractivity contribution in [3.8, 4) is 0 Å². The van der Waals surface area contributed by atoms with E-state index in [0.29, 0.717) is 0 Å². The Hall–Kier alpha value is -0.870. The molecule has 0 bridgehead atoms. The van der Waals surface area contributed by atoms with Crippen molar-refractivity contribution in [3.05, 3.63) is 17.5 Å². The van der Waals surface area contributed by atoms with Crippen LogP contribution in [0.5, 0.6) is 0 Å². The molecule has 1 heterocycles. The lowest BCUT2D eigenvalue weighted by Gasteiger charge is -2.39. The Balaban J connectivity index is 2.15. The van der Waals surface area contributed by atoms with Gasteiger partial charge in [-0.05, 0) is 36.7 Å². The SMILES string of the molecule is Cn1cc2c(n1)C(N)(CO)C1(CC2)CC1. The minimum atomic E-state index is -0.595. The number of aliphatic hydroxyl groups is 1. The largest absolute Gasteiger partial charge is 0.394 e. The van der Waals surface area contributed by atoms with Crippen molar-refractivity contribution in [1.29, 1.82) is 0 Å². The van der Waals surface area contributed by atoms with Crippen LogP contribution in [-0.2, 0) is 19.0 Å². The van der Waals surface area contributed by atoms with Crippen molar-refractivity contribution < 1.29 is 5.11 Å². The summed E-state index contributed by atoms with van der Waals surface area (Å²) in [5.41, 5.74) is 8.09. The van der Waals surface area contributed by atoms with E-state index in [1.165, 1.54) is 5.56 Å². The quantitative estimate of drug-likeness (QED) is 0.696. The van der Waals surface area contributed by atoms with Crippen LogP contribution < -0.4 is 5.73 Å². The number of aryl methyl sites for hydroxylation is 2. The Morgan fingerprint density at radius 2 is 2.27 bits per heavy atom. The predicted octanol–water partition coefficient (Wildman–Crippen LogP) is 0.293. The number of nitrogens with zero attached hydrogens (tertiary/aromatic N) is 2. The van der Waals surface area contributed by atoms with Crippen LogP contribution in [0.1, 0.15) is 30.5 Å². The van der Waals surface area contributed by atoms with Gasteiger partial charge in [-0.2, -0.15) is 5.10 Å². The van der Waals surface area contributed by atoms with Crippen LogP contribution in [0.15, 0.2) is 6.20 Å². The van der Waals surface area contributed by atoms with E-state index >= 15 is 0 Å². The highest BCUT2D eigenvalue weighted by Crippen LogP contribution is 2.62. The zero-order valence-electron chi connectivity index (χ0n) is 9.03. The minimum absolute atomic E-state index is 0.0109. The summed E-state index contributed by atoms with van der Waals surface area (Å²) in [7, 11) is 1.91. The molecule has 3 N–H and O–H groups in total. The van der Waals surface area contributed by atoms with Gasteiger partial charge in [-0.15, -0.1) is 0 Å². The highest BCUT2D eigenvalue weighted by molar-refractivity contribution is 5.35. The van der Waals surface area contributed by atoms with Crippen LogP contribution in [0.2, 0.25) is 0 Å². The molecule has 0 aromatic carbocycles. The van der Waals surface area contributed by atoms with Crippen LogP contribution in [-0.4, -0.2) is 21.5 Å². The molecule has 0 amide bonds. The number of fused-ring (bicyclic) bond motifs is 1. The standard InChI is InChI=1S/C11H17N3O/c1-14-6-8-2-3-10(4-5-10)11(12,7-15)9(8)13-14/h6,15H,2-5,7,12H2,1H3. The van der Waals surface area contributed by atoms with Crippen molar-refractivity contribution in [2.75, 3.05) is 6.61 Å². The number of aliphatic hydroxyl groups excluding tert-OH is 1. The summed E-state index contributed by atoms with van der Waals surface area (Å²) in [6, 6.07) is 0. The fraction of sp³-hybridized carbons (Fsp3) is 0.727. The Morgan fingerprint density at radius 3 is 2.87 bits per heavy atom. The first kappa shape index (κ1) is 9.36. The van der Waals surface area contributed by atoms with Gasteiger partial charge in [0, 0.05) is 13.2 Å². The molecule has 0 radical (unpaired) electrons. The lowest BCUT2D eigenvalue weighted by atomic mass is 9.70. The second kappa shape index (κ2) is 2.62. The third kappa shape index (κ3) is 1.01. The lowest BCUT2D eigenvalue weighted by molar-refractivity contribution is 0.105. The van der Waals surface area contributed by atoms with Gasteiger partial charge >= 0.3 is 0 Å². The third-order valence-electron chi connectivity index (χ3n) is 4.25. The Labute approximate surface area is 89.1 Å². The molecule has 1 spiro atoms. The highest BCUT2D eigenvalue weighted by atomic mass is 16.3. The number of hydrogen-bond donors (Lipinski definition) is 2. The molecule has 82 valence electrons. The van der Waals surface area contributed by atoms with E-state index in [1.807, 2.05) is 17.9 Å². The Bertz CT molecular complexity index is 408. The number of rotatable bonds is 1. The number of hydrogen-bond acceptors (Lipinski definition) is 3. The van der Waals surface area contributed by atoms with Crippen LogP contribution in [0, 0.1) is 5.41 Å². The minimum Gasteiger partial charge on any atom is -0.394 e. The van der Waals surface area contributed by atoms with Crippen molar-refractivity contribution >= 4 is 0 Å². The van der Waals surface area contributed by atoms with Crippen molar-refractivity contribution in [1.82, 2.24) is 9.78 Å². The molecular weight excluding hydrogens is 190 g/mol. The summed E-state index contributed by atoms with van der Waals surface area (Å²) < 4.78 is 1.81. The maximum absolute atomic E-state index is 9.61. The van der Waals surface area contributed by atoms with Gasteiger partial charge in [0.05, 0.1) is 17.8 Å². The lowest BCUT2D eigenvalue weighted by Crippen LogP contribution is -2.52. The summed E-state index contributed by atoms with van der Waals surface area (Å²) in [5.74, 6) is 0. The molecule has 3 rings (SSSR count). The highest BCUT2D eigenvalue weighted by Gasteiger charge is 2.61. The molecule has 1 aromatic rings. The molecule has 0 saturated heterocycles. The molecule has 4 nitrogen and oxygen atoms in total. The fourth-order valence-electron chi connectivity index (χ4n) is 3.03. The molecule has 1 aromatic heterocycles. The Morgan fingerprint density at radius 1 is 1.53 bits per heavy atom. The van der Waals surface area contributed by atoms with E-state index in [-0.39, 0.29) is 12.0 Å². The van der Waals surface area contributed by atoms with Gasteiger partial charge in [0.1, 0.15) is 0 Å². The average Bonchev–Trinajstić information content (AvgIpc) is 2.91. The molecular formula is C11H17N3O. The van der Waals surface area contributed by atoms with E-state index < -0.39 is 5.54 Å². The van der Waals surface area contributed by atoms with Crippen molar-refractivity contribution in [2.45, 2.75) is 31.2 Å². The summed E-state index contributed by atoms with van der Waals surface area (Å²) in [6.07, 6.45) is 6.47. The monoisotopic (exact) mass is 207 g/mol.